The highest BCUT2D eigenvalue weighted by molar-refractivity contribution is 14.1. The van der Waals surface area contributed by atoms with Gasteiger partial charge >= 0.3 is 0 Å². The lowest BCUT2D eigenvalue weighted by molar-refractivity contribution is 0.681. The first kappa shape index (κ1) is 13.7. The Balaban J connectivity index is 2.50. The fourth-order valence-corrected chi connectivity index (χ4v) is 2.55. The molecule has 2 rings (SSSR count). The van der Waals surface area contributed by atoms with Crippen LogP contribution in [0.2, 0.25) is 5.15 Å². The monoisotopic (exact) mass is 376 g/mol. The summed E-state index contributed by atoms with van der Waals surface area (Å²) in [6.07, 6.45) is 5.48. The van der Waals surface area contributed by atoms with Gasteiger partial charge < -0.3 is 4.57 Å². The van der Waals surface area contributed by atoms with Crippen LogP contribution in [-0.4, -0.2) is 19.5 Å². The molecule has 4 nitrogen and oxygen atoms in total. The summed E-state index contributed by atoms with van der Waals surface area (Å²) in [7, 11) is 0. The highest BCUT2D eigenvalue weighted by Gasteiger charge is 2.13. The lowest BCUT2D eigenvalue weighted by Gasteiger charge is -2.08. The number of halogens is 2. The van der Waals surface area contributed by atoms with E-state index in [1.54, 1.807) is 12.5 Å². The fourth-order valence-electron chi connectivity index (χ4n) is 1.74. The standard InChI is InChI=1S/C12H14ClIN4/c1-3-5-18-7-15-6-9(18)12-16-8(4-2)10(14)11(13)17-12/h6-7H,3-5H2,1-2H3. The minimum Gasteiger partial charge on any atom is -0.328 e. The van der Waals surface area contributed by atoms with Gasteiger partial charge in [-0.3, -0.25) is 0 Å². The van der Waals surface area contributed by atoms with Crippen LogP contribution in [0.1, 0.15) is 26.0 Å². The number of hydrogen-bond acceptors (Lipinski definition) is 3. The van der Waals surface area contributed by atoms with E-state index >= 15 is 0 Å². The first-order valence-corrected chi connectivity index (χ1v) is 7.35. The van der Waals surface area contributed by atoms with Gasteiger partial charge in [0.15, 0.2) is 5.82 Å². The van der Waals surface area contributed by atoms with Crippen LogP contribution < -0.4 is 0 Å². The van der Waals surface area contributed by atoms with Gasteiger partial charge in [0.1, 0.15) is 10.8 Å². The van der Waals surface area contributed by atoms with Crippen LogP contribution in [0.5, 0.6) is 0 Å². The Hall–Kier alpha value is -0.690. The van der Waals surface area contributed by atoms with Crippen molar-refractivity contribution < 1.29 is 0 Å². The summed E-state index contributed by atoms with van der Waals surface area (Å²) < 4.78 is 2.99. The second-order valence-corrected chi connectivity index (χ2v) is 5.36. The fraction of sp³-hybridized carbons (Fsp3) is 0.417. The highest BCUT2D eigenvalue weighted by Crippen LogP contribution is 2.24. The lowest BCUT2D eigenvalue weighted by atomic mass is 10.3. The number of nitrogens with zero attached hydrogens (tertiary/aromatic N) is 4. The molecule has 96 valence electrons. The van der Waals surface area contributed by atoms with Crippen molar-refractivity contribution in [2.75, 3.05) is 0 Å². The van der Waals surface area contributed by atoms with Crippen LogP contribution in [0.3, 0.4) is 0 Å². The Morgan fingerprint density at radius 1 is 1.33 bits per heavy atom. The molecule has 0 saturated carbocycles. The second-order valence-electron chi connectivity index (χ2n) is 3.92. The third-order valence-corrected chi connectivity index (χ3v) is 4.35. The topological polar surface area (TPSA) is 43.6 Å². The zero-order chi connectivity index (χ0) is 13.1. The van der Waals surface area contributed by atoms with E-state index in [-0.39, 0.29) is 0 Å². The van der Waals surface area contributed by atoms with Gasteiger partial charge in [0.2, 0.25) is 0 Å². The third kappa shape index (κ3) is 2.66. The number of hydrogen-bond donors (Lipinski definition) is 0. The highest BCUT2D eigenvalue weighted by atomic mass is 127. The number of imidazole rings is 1. The minimum atomic E-state index is 0.515. The van der Waals surface area contributed by atoms with E-state index in [2.05, 4.69) is 56.0 Å². The van der Waals surface area contributed by atoms with Crippen LogP contribution in [-0.2, 0) is 13.0 Å². The number of rotatable bonds is 4. The Morgan fingerprint density at radius 2 is 2.11 bits per heavy atom. The zero-order valence-corrected chi connectivity index (χ0v) is 13.2. The van der Waals surface area contributed by atoms with Gasteiger partial charge in [0.05, 0.1) is 21.8 Å². The quantitative estimate of drug-likeness (QED) is 0.605. The maximum absolute atomic E-state index is 6.16. The van der Waals surface area contributed by atoms with E-state index in [1.165, 1.54) is 0 Å². The summed E-state index contributed by atoms with van der Waals surface area (Å²) in [5.41, 5.74) is 1.90. The average Bonchev–Trinajstić information content (AvgIpc) is 2.81. The maximum Gasteiger partial charge on any atom is 0.179 e. The summed E-state index contributed by atoms with van der Waals surface area (Å²) in [6, 6.07) is 0. The van der Waals surface area contributed by atoms with E-state index < -0.39 is 0 Å². The molecule has 2 aromatic rings. The van der Waals surface area contributed by atoms with Gasteiger partial charge in [0, 0.05) is 6.54 Å². The summed E-state index contributed by atoms with van der Waals surface area (Å²) >= 11 is 8.34. The molecule has 6 heteroatoms. The first-order chi connectivity index (χ1) is 8.67. The van der Waals surface area contributed by atoms with E-state index in [4.69, 9.17) is 11.6 Å². The third-order valence-electron chi connectivity index (χ3n) is 2.62. The summed E-state index contributed by atoms with van der Waals surface area (Å²) in [6.45, 7) is 5.10. The van der Waals surface area contributed by atoms with Crippen LogP contribution in [0.15, 0.2) is 12.5 Å². The Labute approximate surface area is 125 Å². The Kier molecular flexibility index (Phi) is 4.55. The molecule has 0 unspecified atom stereocenters. The molecule has 0 aliphatic heterocycles. The zero-order valence-electron chi connectivity index (χ0n) is 10.3. The molecule has 18 heavy (non-hydrogen) atoms. The Morgan fingerprint density at radius 3 is 2.78 bits per heavy atom. The molecule has 0 N–H and O–H groups in total. The van der Waals surface area contributed by atoms with Gasteiger partial charge in [-0.25, -0.2) is 15.0 Å². The van der Waals surface area contributed by atoms with Crippen LogP contribution in [0.25, 0.3) is 11.5 Å². The molecule has 0 bridgehead atoms. The molecule has 0 aliphatic rings. The van der Waals surface area contributed by atoms with E-state index in [9.17, 15) is 0 Å². The SMILES string of the molecule is CCCn1cncc1-c1nc(Cl)c(I)c(CC)n1. The maximum atomic E-state index is 6.16. The van der Waals surface area contributed by atoms with Gasteiger partial charge in [0.25, 0.3) is 0 Å². The van der Waals surface area contributed by atoms with Crippen molar-refractivity contribution in [3.63, 3.8) is 0 Å². The molecule has 2 heterocycles. The molecule has 0 radical (unpaired) electrons. The van der Waals surface area contributed by atoms with E-state index in [1.807, 2.05) is 0 Å². The van der Waals surface area contributed by atoms with Crippen molar-refractivity contribution in [1.29, 1.82) is 0 Å². The first-order valence-electron chi connectivity index (χ1n) is 5.89. The molecular formula is C12H14ClIN4. The smallest absolute Gasteiger partial charge is 0.179 e. The van der Waals surface area contributed by atoms with E-state index in [0.29, 0.717) is 11.0 Å². The lowest BCUT2D eigenvalue weighted by Crippen LogP contribution is -2.04. The largest absolute Gasteiger partial charge is 0.328 e. The van der Waals surface area contributed by atoms with E-state index in [0.717, 1.165) is 34.3 Å². The van der Waals surface area contributed by atoms with Crippen molar-refractivity contribution in [2.45, 2.75) is 33.2 Å². The second kappa shape index (κ2) is 5.97. The van der Waals surface area contributed by atoms with Crippen molar-refractivity contribution in [1.82, 2.24) is 19.5 Å². The molecule has 0 aliphatic carbocycles. The molecule has 0 saturated heterocycles. The van der Waals surface area contributed by atoms with Gasteiger partial charge in [-0.05, 0) is 35.4 Å². The van der Waals surface area contributed by atoms with Gasteiger partial charge in [-0.2, -0.15) is 0 Å². The summed E-state index contributed by atoms with van der Waals surface area (Å²) in [5.74, 6) is 0.656. The van der Waals surface area contributed by atoms with Gasteiger partial charge in [-0.1, -0.05) is 25.4 Å². The van der Waals surface area contributed by atoms with Crippen LogP contribution in [0, 0.1) is 3.57 Å². The summed E-state index contributed by atoms with van der Waals surface area (Å²) in [4.78, 5) is 13.1. The molecule has 0 aromatic carbocycles. The predicted molar refractivity (Wildman–Crippen MR) is 80.6 cm³/mol. The van der Waals surface area contributed by atoms with Gasteiger partial charge in [-0.15, -0.1) is 0 Å². The van der Waals surface area contributed by atoms with Crippen LogP contribution in [0.4, 0.5) is 0 Å². The van der Waals surface area contributed by atoms with Crippen molar-refractivity contribution in [2.24, 2.45) is 0 Å². The average molecular weight is 377 g/mol. The van der Waals surface area contributed by atoms with Crippen molar-refractivity contribution >= 4 is 34.2 Å². The number of aromatic nitrogens is 4. The molecule has 0 amide bonds. The van der Waals surface area contributed by atoms with Crippen molar-refractivity contribution in [3.8, 4) is 11.5 Å². The normalized spacial score (nSPS) is 10.9. The molecule has 0 fully saturated rings. The number of aryl methyl sites for hydroxylation is 2. The predicted octanol–water partition coefficient (Wildman–Crippen LogP) is 3.57. The molecular weight excluding hydrogens is 363 g/mol. The van der Waals surface area contributed by atoms with Crippen LogP contribution >= 0.6 is 34.2 Å². The van der Waals surface area contributed by atoms with Crippen molar-refractivity contribution in [3.05, 3.63) is 26.9 Å². The minimum absolute atomic E-state index is 0.515. The molecule has 0 spiro atoms. The Bertz CT molecular complexity index is 553. The summed E-state index contributed by atoms with van der Waals surface area (Å²) in [5, 5.41) is 0.515. The molecule has 0 atom stereocenters. The molecule has 2 aromatic heterocycles.